The first kappa shape index (κ1) is 16.8. The van der Waals surface area contributed by atoms with Gasteiger partial charge in [0, 0.05) is 18.6 Å². The normalized spacial score (nSPS) is 22.6. The molecular formula is C14H22N2O3S2. The Hall–Kier alpha value is -0.600. The highest BCUT2D eigenvalue weighted by molar-refractivity contribution is 7.98. The number of ether oxygens (including phenoxy) is 1. The maximum absolute atomic E-state index is 12.4. The Morgan fingerprint density at radius 3 is 2.90 bits per heavy atom. The molecule has 0 bridgehead atoms. The molecule has 2 rings (SSSR count). The van der Waals surface area contributed by atoms with Crippen LogP contribution in [-0.2, 0) is 14.8 Å². The van der Waals surface area contributed by atoms with Crippen LogP contribution in [-0.4, -0.2) is 47.0 Å². The van der Waals surface area contributed by atoms with Crippen molar-refractivity contribution >= 4 is 21.8 Å². The topological polar surface area (TPSA) is 67.4 Å². The zero-order valence-electron chi connectivity index (χ0n) is 12.4. The summed E-state index contributed by atoms with van der Waals surface area (Å²) in [5.41, 5.74) is -0.293. The Labute approximate surface area is 130 Å². The lowest BCUT2D eigenvalue weighted by atomic mass is 9.99. The summed E-state index contributed by atoms with van der Waals surface area (Å²) in [6, 6.07) is 6.97. The van der Waals surface area contributed by atoms with Crippen LogP contribution in [0.5, 0.6) is 0 Å². The van der Waals surface area contributed by atoms with E-state index in [-0.39, 0.29) is 5.54 Å². The highest BCUT2D eigenvalue weighted by Crippen LogP contribution is 2.21. The second-order valence-corrected chi connectivity index (χ2v) is 7.89. The van der Waals surface area contributed by atoms with Crippen LogP contribution in [0.1, 0.15) is 12.8 Å². The fourth-order valence-electron chi connectivity index (χ4n) is 2.55. The summed E-state index contributed by atoms with van der Waals surface area (Å²) in [5.74, 6) is 0. The van der Waals surface area contributed by atoms with E-state index in [4.69, 9.17) is 4.74 Å². The summed E-state index contributed by atoms with van der Waals surface area (Å²) >= 11 is 1.53. The Bertz CT molecular complexity index is 569. The smallest absolute Gasteiger partial charge is 0.240 e. The molecule has 0 aliphatic carbocycles. The van der Waals surface area contributed by atoms with Crippen LogP contribution in [0, 0.1) is 0 Å². The molecule has 0 saturated carbocycles. The molecule has 1 atom stereocenters. The van der Waals surface area contributed by atoms with Gasteiger partial charge >= 0.3 is 0 Å². The number of thioether (sulfide) groups is 1. The van der Waals surface area contributed by atoms with Crippen molar-refractivity contribution < 1.29 is 13.2 Å². The first-order valence-corrected chi connectivity index (χ1v) is 9.60. The van der Waals surface area contributed by atoms with Crippen molar-refractivity contribution in [2.75, 3.05) is 33.1 Å². The van der Waals surface area contributed by atoms with Gasteiger partial charge in [0.1, 0.15) is 0 Å². The number of rotatable bonds is 7. The summed E-state index contributed by atoms with van der Waals surface area (Å²) in [6.07, 6.45) is 3.87. The van der Waals surface area contributed by atoms with E-state index >= 15 is 0 Å². The monoisotopic (exact) mass is 330 g/mol. The van der Waals surface area contributed by atoms with Gasteiger partial charge in [-0.3, -0.25) is 0 Å². The van der Waals surface area contributed by atoms with Gasteiger partial charge in [0.25, 0.3) is 0 Å². The van der Waals surface area contributed by atoms with Gasteiger partial charge in [-0.05, 0) is 43.8 Å². The van der Waals surface area contributed by atoms with Crippen LogP contribution >= 0.6 is 11.8 Å². The standard InChI is InChI=1S/C14H22N2O3S2/c1-19-11-14(7-4-8-15-14)10-16-21(17,18)13-6-3-5-12(9-13)20-2/h3,5-6,9,15-16H,4,7-8,10-11H2,1-2H3. The maximum Gasteiger partial charge on any atom is 0.240 e. The van der Waals surface area contributed by atoms with Gasteiger partial charge in [-0.2, -0.15) is 0 Å². The van der Waals surface area contributed by atoms with Crippen molar-refractivity contribution in [2.45, 2.75) is 28.2 Å². The van der Waals surface area contributed by atoms with Gasteiger partial charge < -0.3 is 10.1 Å². The van der Waals surface area contributed by atoms with E-state index in [1.165, 1.54) is 11.8 Å². The summed E-state index contributed by atoms with van der Waals surface area (Å²) < 4.78 is 32.8. The minimum atomic E-state index is -3.50. The van der Waals surface area contributed by atoms with Crippen LogP contribution in [0.15, 0.2) is 34.1 Å². The van der Waals surface area contributed by atoms with E-state index in [9.17, 15) is 8.42 Å². The molecule has 0 aromatic heterocycles. The lowest BCUT2D eigenvalue weighted by Crippen LogP contribution is -2.52. The van der Waals surface area contributed by atoms with Crippen molar-refractivity contribution in [3.8, 4) is 0 Å². The minimum Gasteiger partial charge on any atom is -0.383 e. The SMILES string of the molecule is COCC1(CNS(=O)(=O)c2cccc(SC)c2)CCCN1. The molecule has 7 heteroatoms. The molecule has 2 N–H and O–H groups in total. The van der Waals surface area contributed by atoms with E-state index in [1.54, 1.807) is 25.3 Å². The number of methoxy groups -OCH3 is 1. The third-order valence-electron chi connectivity index (χ3n) is 3.70. The Kier molecular flexibility index (Phi) is 5.67. The number of benzene rings is 1. The largest absolute Gasteiger partial charge is 0.383 e. The fraction of sp³-hybridized carbons (Fsp3) is 0.571. The minimum absolute atomic E-state index is 0.293. The quantitative estimate of drug-likeness (QED) is 0.741. The molecule has 1 aliphatic rings. The third-order valence-corrected chi connectivity index (χ3v) is 5.83. The summed E-state index contributed by atoms with van der Waals surface area (Å²) in [5, 5.41) is 3.36. The lowest BCUT2D eigenvalue weighted by molar-refractivity contribution is 0.122. The molecule has 1 aliphatic heterocycles. The predicted octanol–water partition coefficient (Wildman–Crippen LogP) is 1.46. The highest BCUT2D eigenvalue weighted by atomic mass is 32.2. The first-order chi connectivity index (χ1) is 10.0. The van der Waals surface area contributed by atoms with E-state index in [2.05, 4.69) is 10.0 Å². The Morgan fingerprint density at radius 1 is 1.48 bits per heavy atom. The van der Waals surface area contributed by atoms with Crippen LogP contribution in [0.4, 0.5) is 0 Å². The molecule has 0 spiro atoms. The molecule has 1 saturated heterocycles. The molecule has 1 aromatic carbocycles. The maximum atomic E-state index is 12.4. The molecule has 1 fully saturated rings. The van der Waals surface area contributed by atoms with E-state index in [1.807, 2.05) is 12.3 Å². The van der Waals surface area contributed by atoms with Gasteiger partial charge in [-0.25, -0.2) is 13.1 Å². The lowest BCUT2D eigenvalue weighted by Gasteiger charge is -2.28. The molecule has 0 amide bonds. The Balaban J connectivity index is 2.09. The molecule has 5 nitrogen and oxygen atoms in total. The zero-order chi connectivity index (χ0) is 15.3. The summed E-state index contributed by atoms with van der Waals surface area (Å²) in [6.45, 7) is 1.74. The average Bonchev–Trinajstić information content (AvgIpc) is 2.95. The van der Waals surface area contributed by atoms with E-state index in [0.717, 1.165) is 24.3 Å². The van der Waals surface area contributed by atoms with Crippen LogP contribution < -0.4 is 10.0 Å². The average molecular weight is 330 g/mol. The first-order valence-electron chi connectivity index (χ1n) is 6.89. The third kappa shape index (κ3) is 4.20. The van der Waals surface area contributed by atoms with Crippen LogP contribution in [0.25, 0.3) is 0 Å². The molecule has 21 heavy (non-hydrogen) atoms. The van der Waals surface area contributed by atoms with Crippen LogP contribution in [0.3, 0.4) is 0 Å². The van der Waals surface area contributed by atoms with Crippen LogP contribution in [0.2, 0.25) is 0 Å². The fourth-order valence-corrected chi connectivity index (χ4v) is 4.26. The summed E-state index contributed by atoms with van der Waals surface area (Å²) in [7, 11) is -1.86. The van der Waals surface area contributed by atoms with Gasteiger partial charge in [-0.1, -0.05) is 6.07 Å². The van der Waals surface area contributed by atoms with Crippen molar-refractivity contribution in [3.63, 3.8) is 0 Å². The number of hydrogen-bond acceptors (Lipinski definition) is 5. The molecular weight excluding hydrogens is 308 g/mol. The predicted molar refractivity (Wildman–Crippen MR) is 85.3 cm³/mol. The van der Waals surface area contributed by atoms with Gasteiger partial charge in [-0.15, -0.1) is 11.8 Å². The van der Waals surface area contributed by atoms with Crippen molar-refractivity contribution in [1.29, 1.82) is 0 Å². The molecule has 0 radical (unpaired) electrons. The number of sulfonamides is 1. The van der Waals surface area contributed by atoms with E-state index < -0.39 is 10.0 Å². The highest BCUT2D eigenvalue weighted by Gasteiger charge is 2.34. The molecule has 1 heterocycles. The van der Waals surface area contributed by atoms with Gasteiger partial charge in [0.15, 0.2) is 0 Å². The van der Waals surface area contributed by atoms with Crippen molar-refractivity contribution in [3.05, 3.63) is 24.3 Å². The van der Waals surface area contributed by atoms with E-state index in [0.29, 0.717) is 18.0 Å². The second kappa shape index (κ2) is 7.11. The molecule has 1 unspecified atom stereocenters. The van der Waals surface area contributed by atoms with Gasteiger partial charge in [0.2, 0.25) is 10.0 Å². The number of hydrogen-bond donors (Lipinski definition) is 2. The second-order valence-electron chi connectivity index (χ2n) is 5.25. The van der Waals surface area contributed by atoms with Gasteiger partial charge in [0.05, 0.1) is 17.0 Å². The van der Waals surface area contributed by atoms with Crippen molar-refractivity contribution in [2.24, 2.45) is 0 Å². The number of nitrogens with one attached hydrogen (secondary N) is 2. The van der Waals surface area contributed by atoms with Crippen molar-refractivity contribution in [1.82, 2.24) is 10.0 Å². The zero-order valence-corrected chi connectivity index (χ0v) is 14.0. The molecule has 118 valence electrons. The Morgan fingerprint density at radius 2 is 2.29 bits per heavy atom. The summed E-state index contributed by atoms with van der Waals surface area (Å²) in [4.78, 5) is 1.24. The molecule has 1 aromatic rings.